The summed E-state index contributed by atoms with van der Waals surface area (Å²) in [6.45, 7) is 0.385. The summed E-state index contributed by atoms with van der Waals surface area (Å²) in [5, 5.41) is 10.2. The van der Waals surface area contributed by atoms with Gasteiger partial charge in [-0.2, -0.15) is 0 Å². The van der Waals surface area contributed by atoms with Gasteiger partial charge >= 0.3 is 0 Å². The first-order valence-electron chi connectivity index (χ1n) is 4.64. The smallest absolute Gasteiger partial charge is 0.225 e. The Bertz CT molecular complexity index is 350. The van der Waals surface area contributed by atoms with Gasteiger partial charge in [0.25, 0.3) is 0 Å². The minimum absolute atomic E-state index is 0.00338. The Labute approximate surface area is 83.0 Å². The Hall–Kier alpha value is -1.35. The summed E-state index contributed by atoms with van der Waals surface area (Å²) in [7, 11) is 1.71. The number of amides is 1. The van der Waals surface area contributed by atoms with Crippen molar-refractivity contribution in [2.24, 2.45) is 0 Å². The lowest BCUT2D eigenvalue weighted by molar-refractivity contribution is -0.126. The number of carbonyl (C=O) groups is 1. The van der Waals surface area contributed by atoms with Gasteiger partial charge in [-0.1, -0.05) is 30.3 Å². The second-order valence-electron chi connectivity index (χ2n) is 3.82. The minimum Gasteiger partial charge on any atom is -0.383 e. The Morgan fingerprint density at radius 3 is 2.50 bits per heavy atom. The van der Waals surface area contributed by atoms with E-state index in [1.807, 2.05) is 30.3 Å². The fourth-order valence-corrected chi connectivity index (χ4v) is 1.86. The second-order valence-corrected chi connectivity index (χ2v) is 3.82. The number of likely N-dealkylation sites (N-methyl/N-ethyl adjacent to an activating group) is 1. The molecular weight excluding hydrogens is 178 g/mol. The molecule has 1 saturated heterocycles. The Morgan fingerprint density at radius 1 is 1.36 bits per heavy atom. The van der Waals surface area contributed by atoms with Crippen LogP contribution in [0.5, 0.6) is 0 Å². The van der Waals surface area contributed by atoms with Crippen LogP contribution in [-0.2, 0) is 10.4 Å². The highest BCUT2D eigenvalue weighted by Gasteiger charge is 2.41. The van der Waals surface area contributed by atoms with E-state index in [9.17, 15) is 9.90 Å². The first-order chi connectivity index (χ1) is 6.62. The predicted octanol–water partition coefficient (Wildman–Crippen LogP) is 0.736. The van der Waals surface area contributed by atoms with Gasteiger partial charge in [0.2, 0.25) is 5.91 Å². The SMILES string of the molecule is CN1CC(O)(c2ccccc2)CC1=O. The molecule has 1 aromatic carbocycles. The Balaban J connectivity index is 2.31. The van der Waals surface area contributed by atoms with E-state index in [1.54, 1.807) is 11.9 Å². The van der Waals surface area contributed by atoms with E-state index in [-0.39, 0.29) is 12.3 Å². The highest BCUT2D eigenvalue weighted by Crippen LogP contribution is 2.31. The summed E-state index contributed by atoms with van der Waals surface area (Å²) in [6, 6.07) is 9.35. The molecule has 1 heterocycles. The first kappa shape index (κ1) is 9.21. The molecule has 1 unspecified atom stereocenters. The van der Waals surface area contributed by atoms with Crippen LogP contribution in [0.25, 0.3) is 0 Å². The van der Waals surface area contributed by atoms with Crippen LogP contribution >= 0.6 is 0 Å². The first-order valence-corrected chi connectivity index (χ1v) is 4.64. The average molecular weight is 191 g/mol. The molecule has 1 aliphatic heterocycles. The van der Waals surface area contributed by atoms with E-state index in [4.69, 9.17) is 0 Å². The van der Waals surface area contributed by atoms with Gasteiger partial charge in [0.1, 0.15) is 5.60 Å². The highest BCUT2D eigenvalue weighted by molar-refractivity contribution is 5.80. The number of β-amino-alcohol motifs (C(OH)–C–C–N with tert-alkyl or cyclic N) is 1. The summed E-state index contributed by atoms with van der Waals surface area (Å²) in [5.41, 5.74) is -0.176. The fraction of sp³-hybridized carbons (Fsp3) is 0.364. The van der Waals surface area contributed by atoms with Crippen molar-refractivity contribution < 1.29 is 9.90 Å². The molecule has 1 fully saturated rings. The Morgan fingerprint density at radius 2 is 2.00 bits per heavy atom. The second kappa shape index (κ2) is 3.10. The van der Waals surface area contributed by atoms with Crippen LogP contribution in [0.2, 0.25) is 0 Å². The van der Waals surface area contributed by atoms with E-state index >= 15 is 0 Å². The number of likely N-dealkylation sites (tertiary alicyclic amines) is 1. The summed E-state index contributed by atoms with van der Waals surface area (Å²) in [5.74, 6) is -0.00338. The lowest BCUT2D eigenvalue weighted by Crippen LogP contribution is -2.29. The summed E-state index contributed by atoms with van der Waals surface area (Å²) >= 11 is 0. The quantitative estimate of drug-likeness (QED) is 0.711. The Kier molecular flexibility index (Phi) is 2.04. The molecule has 1 aliphatic rings. The third-order valence-electron chi connectivity index (χ3n) is 2.68. The molecule has 2 rings (SSSR count). The third-order valence-corrected chi connectivity index (χ3v) is 2.68. The number of nitrogens with zero attached hydrogens (tertiary/aromatic N) is 1. The number of benzene rings is 1. The number of hydrogen-bond acceptors (Lipinski definition) is 2. The van der Waals surface area contributed by atoms with E-state index in [1.165, 1.54) is 0 Å². The monoisotopic (exact) mass is 191 g/mol. The molecule has 0 bridgehead atoms. The van der Waals surface area contributed by atoms with Crippen molar-refractivity contribution in [3.05, 3.63) is 35.9 Å². The van der Waals surface area contributed by atoms with Crippen molar-refractivity contribution in [1.82, 2.24) is 4.90 Å². The zero-order valence-electron chi connectivity index (χ0n) is 8.10. The minimum atomic E-state index is -0.993. The van der Waals surface area contributed by atoms with Crippen LogP contribution in [0, 0.1) is 0 Å². The van der Waals surface area contributed by atoms with E-state index < -0.39 is 5.60 Å². The van der Waals surface area contributed by atoms with Gasteiger partial charge in [-0.05, 0) is 5.56 Å². The molecule has 0 radical (unpaired) electrons. The molecule has 1 aromatic rings. The van der Waals surface area contributed by atoms with Gasteiger partial charge < -0.3 is 10.0 Å². The molecule has 14 heavy (non-hydrogen) atoms. The van der Waals surface area contributed by atoms with Gasteiger partial charge in [0.05, 0.1) is 13.0 Å². The topological polar surface area (TPSA) is 40.5 Å². The van der Waals surface area contributed by atoms with Gasteiger partial charge in [-0.15, -0.1) is 0 Å². The molecule has 3 nitrogen and oxygen atoms in total. The van der Waals surface area contributed by atoms with Crippen molar-refractivity contribution in [3.63, 3.8) is 0 Å². The van der Waals surface area contributed by atoms with Crippen molar-refractivity contribution in [2.45, 2.75) is 12.0 Å². The van der Waals surface area contributed by atoms with E-state index in [0.717, 1.165) is 5.56 Å². The predicted molar refractivity (Wildman–Crippen MR) is 52.6 cm³/mol. The maximum absolute atomic E-state index is 11.3. The normalized spacial score (nSPS) is 27.0. The lowest BCUT2D eigenvalue weighted by atomic mass is 9.93. The summed E-state index contributed by atoms with van der Waals surface area (Å²) in [4.78, 5) is 12.9. The van der Waals surface area contributed by atoms with Crippen LogP contribution < -0.4 is 0 Å². The van der Waals surface area contributed by atoms with Crippen LogP contribution in [0.4, 0.5) is 0 Å². The zero-order chi connectivity index (χ0) is 10.2. The molecule has 0 aromatic heterocycles. The van der Waals surface area contributed by atoms with Crippen molar-refractivity contribution in [1.29, 1.82) is 0 Å². The van der Waals surface area contributed by atoms with Crippen LogP contribution in [0.1, 0.15) is 12.0 Å². The van der Waals surface area contributed by atoms with Crippen molar-refractivity contribution in [2.75, 3.05) is 13.6 Å². The molecule has 1 N–H and O–H groups in total. The number of aliphatic hydroxyl groups is 1. The number of rotatable bonds is 1. The fourth-order valence-electron chi connectivity index (χ4n) is 1.86. The number of hydrogen-bond donors (Lipinski definition) is 1. The number of carbonyl (C=O) groups excluding carboxylic acids is 1. The maximum atomic E-state index is 11.3. The molecule has 1 atom stereocenters. The molecular formula is C11H13NO2. The average Bonchev–Trinajstić information content (AvgIpc) is 2.44. The molecule has 1 amide bonds. The van der Waals surface area contributed by atoms with Gasteiger partial charge in [-0.3, -0.25) is 4.79 Å². The molecule has 0 aliphatic carbocycles. The molecule has 3 heteroatoms. The molecule has 74 valence electrons. The maximum Gasteiger partial charge on any atom is 0.225 e. The zero-order valence-corrected chi connectivity index (χ0v) is 8.10. The van der Waals surface area contributed by atoms with Crippen LogP contribution in [0.3, 0.4) is 0 Å². The van der Waals surface area contributed by atoms with Gasteiger partial charge in [0, 0.05) is 7.05 Å². The molecule has 0 spiro atoms. The summed E-state index contributed by atoms with van der Waals surface area (Å²) in [6.07, 6.45) is 0.188. The largest absolute Gasteiger partial charge is 0.383 e. The van der Waals surface area contributed by atoms with Crippen LogP contribution in [-0.4, -0.2) is 29.5 Å². The molecule has 0 saturated carbocycles. The van der Waals surface area contributed by atoms with Crippen molar-refractivity contribution >= 4 is 5.91 Å². The van der Waals surface area contributed by atoms with Gasteiger partial charge in [-0.25, -0.2) is 0 Å². The van der Waals surface area contributed by atoms with E-state index in [0.29, 0.717) is 6.54 Å². The lowest BCUT2D eigenvalue weighted by Gasteiger charge is -2.21. The van der Waals surface area contributed by atoms with Crippen molar-refractivity contribution in [3.8, 4) is 0 Å². The highest BCUT2D eigenvalue weighted by atomic mass is 16.3. The summed E-state index contributed by atoms with van der Waals surface area (Å²) < 4.78 is 0. The standard InChI is InChI=1S/C11H13NO2/c1-12-8-11(14,7-10(12)13)9-5-3-2-4-6-9/h2-6,14H,7-8H2,1H3. The van der Waals surface area contributed by atoms with E-state index in [2.05, 4.69) is 0 Å². The third kappa shape index (κ3) is 1.40. The van der Waals surface area contributed by atoms with Gasteiger partial charge in [0.15, 0.2) is 0 Å². The van der Waals surface area contributed by atoms with Crippen LogP contribution in [0.15, 0.2) is 30.3 Å².